The molecule has 0 unspecified atom stereocenters. The third-order valence-corrected chi connectivity index (χ3v) is 4.77. The predicted octanol–water partition coefficient (Wildman–Crippen LogP) is 2.93. The van der Waals surface area contributed by atoms with Crippen LogP contribution in [0.15, 0.2) is 24.3 Å². The molecule has 2 aromatic rings. The molecule has 0 amide bonds. The number of carboxylic acid groups (broad SMARTS) is 1. The quantitative estimate of drug-likeness (QED) is 0.928. The van der Waals surface area contributed by atoms with Crippen LogP contribution in [0.4, 0.5) is 5.13 Å². The fourth-order valence-corrected chi connectivity index (χ4v) is 3.57. The van der Waals surface area contributed by atoms with E-state index in [0.717, 1.165) is 34.4 Å². The number of hydrogen-bond donors (Lipinski definition) is 1. The van der Waals surface area contributed by atoms with E-state index >= 15 is 0 Å². The second-order valence-electron chi connectivity index (χ2n) is 4.95. The predicted molar refractivity (Wildman–Crippen MR) is 86.9 cm³/mol. The average molecular weight is 339 g/mol. The van der Waals surface area contributed by atoms with Crippen molar-refractivity contribution in [1.29, 1.82) is 0 Å². The lowest BCUT2D eigenvalue weighted by molar-refractivity contribution is -0.136. The van der Waals surface area contributed by atoms with Crippen molar-refractivity contribution in [2.45, 2.75) is 6.42 Å². The molecule has 0 spiro atoms. The summed E-state index contributed by atoms with van der Waals surface area (Å²) in [5, 5.41) is 10.6. The van der Waals surface area contributed by atoms with Crippen molar-refractivity contribution in [2.24, 2.45) is 0 Å². The zero-order valence-corrected chi connectivity index (χ0v) is 13.4. The summed E-state index contributed by atoms with van der Waals surface area (Å²) in [5.41, 5.74) is 1.61. The first-order valence-corrected chi connectivity index (χ1v) is 8.13. The Morgan fingerprint density at radius 2 is 2.00 bits per heavy atom. The van der Waals surface area contributed by atoms with Crippen LogP contribution in [-0.2, 0) is 16.0 Å². The third-order valence-electron chi connectivity index (χ3n) is 3.40. The number of benzene rings is 1. The zero-order valence-electron chi connectivity index (χ0n) is 11.8. The Labute approximate surface area is 137 Å². The number of carboxylic acids is 1. The summed E-state index contributed by atoms with van der Waals surface area (Å²) in [6, 6.07) is 7.31. The summed E-state index contributed by atoms with van der Waals surface area (Å²) < 4.78 is 5.35. The fourth-order valence-electron chi connectivity index (χ4n) is 2.32. The van der Waals surface area contributed by atoms with Gasteiger partial charge in [0.2, 0.25) is 0 Å². The van der Waals surface area contributed by atoms with E-state index in [2.05, 4.69) is 9.88 Å². The van der Waals surface area contributed by atoms with Gasteiger partial charge in [0.1, 0.15) is 0 Å². The molecule has 22 heavy (non-hydrogen) atoms. The van der Waals surface area contributed by atoms with Crippen molar-refractivity contribution >= 4 is 34.0 Å². The first-order chi connectivity index (χ1) is 10.6. The van der Waals surface area contributed by atoms with Crippen molar-refractivity contribution in [1.82, 2.24) is 4.98 Å². The molecule has 1 aliphatic heterocycles. The molecule has 2 heterocycles. The fraction of sp³-hybridized carbons (Fsp3) is 0.333. The van der Waals surface area contributed by atoms with E-state index < -0.39 is 5.97 Å². The molecule has 1 N–H and O–H groups in total. The highest BCUT2D eigenvalue weighted by molar-refractivity contribution is 7.16. The average Bonchev–Trinajstić information content (AvgIpc) is 2.92. The maximum Gasteiger partial charge on any atom is 0.308 e. The van der Waals surface area contributed by atoms with E-state index in [4.69, 9.17) is 21.4 Å². The molecule has 1 aromatic carbocycles. The summed E-state index contributed by atoms with van der Waals surface area (Å²) in [5.74, 6) is -0.854. The highest BCUT2D eigenvalue weighted by Crippen LogP contribution is 2.34. The molecule has 3 rings (SSSR count). The normalized spacial score (nSPS) is 15.0. The summed E-state index contributed by atoms with van der Waals surface area (Å²) >= 11 is 7.35. The lowest BCUT2D eigenvalue weighted by Gasteiger charge is -2.26. The molecule has 5 nitrogen and oxygen atoms in total. The van der Waals surface area contributed by atoms with Gasteiger partial charge >= 0.3 is 5.97 Å². The van der Waals surface area contributed by atoms with E-state index in [9.17, 15) is 4.79 Å². The maximum absolute atomic E-state index is 11.1. The van der Waals surface area contributed by atoms with Crippen molar-refractivity contribution in [3.8, 4) is 11.3 Å². The van der Waals surface area contributed by atoms with Gasteiger partial charge in [0, 0.05) is 28.6 Å². The van der Waals surface area contributed by atoms with Crippen molar-refractivity contribution < 1.29 is 14.6 Å². The molecule has 1 fully saturated rings. The smallest absolute Gasteiger partial charge is 0.308 e. The summed E-state index contributed by atoms with van der Waals surface area (Å²) in [6.07, 6.45) is -0.0278. The molecule has 0 atom stereocenters. The molecular formula is C15H15ClN2O3S. The number of halogens is 1. The van der Waals surface area contributed by atoms with Crippen LogP contribution < -0.4 is 4.90 Å². The van der Waals surface area contributed by atoms with Crippen LogP contribution in [0.5, 0.6) is 0 Å². The SMILES string of the molecule is O=C(O)Cc1sc(N2CCOCC2)nc1-c1ccc(Cl)cc1. The van der Waals surface area contributed by atoms with Gasteiger partial charge in [0.15, 0.2) is 5.13 Å². The number of carbonyl (C=O) groups is 1. The summed E-state index contributed by atoms with van der Waals surface area (Å²) in [4.78, 5) is 18.7. The van der Waals surface area contributed by atoms with E-state index in [-0.39, 0.29) is 6.42 Å². The van der Waals surface area contributed by atoms with Gasteiger partial charge in [0.05, 0.1) is 25.3 Å². The summed E-state index contributed by atoms with van der Waals surface area (Å²) in [7, 11) is 0. The molecule has 116 valence electrons. The van der Waals surface area contributed by atoms with Crippen LogP contribution in [-0.4, -0.2) is 42.4 Å². The van der Waals surface area contributed by atoms with Gasteiger partial charge in [0.25, 0.3) is 0 Å². The Morgan fingerprint density at radius 3 is 2.64 bits per heavy atom. The van der Waals surface area contributed by atoms with Crippen molar-refractivity contribution in [3.63, 3.8) is 0 Å². The van der Waals surface area contributed by atoms with Crippen LogP contribution in [0, 0.1) is 0 Å². The van der Waals surface area contributed by atoms with Crippen LogP contribution in [0.1, 0.15) is 4.88 Å². The van der Waals surface area contributed by atoms with Crippen molar-refractivity contribution in [2.75, 3.05) is 31.2 Å². The molecular weight excluding hydrogens is 324 g/mol. The lowest BCUT2D eigenvalue weighted by Crippen LogP contribution is -2.36. The molecule has 7 heteroatoms. The van der Waals surface area contributed by atoms with Gasteiger partial charge in [-0.15, -0.1) is 11.3 Å². The second-order valence-corrected chi connectivity index (χ2v) is 6.44. The number of nitrogens with zero attached hydrogens (tertiary/aromatic N) is 2. The number of thiazole rings is 1. The van der Waals surface area contributed by atoms with E-state index in [0.29, 0.717) is 18.2 Å². The number of anilines is 1. The molecule has 0 bridgehead atoms. The van der Waals surface area contributed by atoms with E-state index in [1.165, 1.54) is 11.3 Å². The minimum Gasteiger partial charge on any atom is -0.481 e. The topological polar surface area (TPSA) is 62.7 Å². The molecule has 1 saturated heterocycles. The van der Waals surface area contributed by atoms with E-state index in [1.54, 1.807) is 12.1 Å². The van der Waals surface area contributed by atoms with Gasteiger partial charge in [-0.2, -0.15) is 0 Å². The Bertz CT molecular complexity index is 666. The Balaban J connectivity index is 1.96. The third kappa shape index (κ3) is 3.40. The first-order valence-electron chi connectivity index (χ1n) is 6.93. The number of morpholine rings is 1. The van der Waals surface area contributed by atoms with Gasteiger partial charge < -0.3 is 14.7 Å². The van der Waals surface area contributed by atoms with Crippen LogP contribution in [0.25, 0.3) is 11.3 Å². The number of aromatic nitrogens is 1. The molecule has 0 saturated carbocycles. The lowest BCUT2D eigenvalue weighted by atomic mass is 10.1. The zero-order chi connectivity index (χ0) is 15.5. The highest BCUT2D eigenvalue weighted by atomic mass is 35.5. The largest absolute Gasteiger partial charge is 0.481 e. The molecule has 1 aliphatic rings. The van der Waals surface area contributed by atoms with Crippen LogP contribution >= 0.6 is 22.9 Å². The minimum absolute atomic E-state index is 0.0278. The van der Waals surface area contributed by atoms with Crippen LogP contribution in [0.2, 0.25) is 5.02 Å². The first kappa shape index (κ1) is 15.3. The Morgan fingerprint density at radius 1 is 1.32 bits per heavy atom. The summed E-state index contributed by atoms with van der Waals surface area (Å²) in [6.45, 7) is 2.90. The van der Waals surface area contributed by atoms with Crippen LogP contribution in [0.3, 0.4) is 0 Å². The van der Waals surface area contributed by atoms with Crippen molar-refractivity contribution in [3.05, 3.63) is 34.2 Å². The van der Waals surface area contributed by atoms with Gasteiger partial charge in [-0.3, -0.25) is 4.79 Å². The maximum atomic E-state index is 11.1. The number of hydrogen-bond acceptors (Lipinski definition) is 5. The highest BCUT2D eigenvalue weighted by Gasteiger charge is 2.20. The number of aliphatic carboxylic acids is 1. The minimum atomic E-state index is -0.854. The Kier molecular flexibility index (Phi) is 4.61. The van der Waals surface area contributed by atoms with Gasteiger partial charge in [-0.1, -0.05) is 23.7 Å². The van der Waals surface area contributed by atoms with E-state index in [1.807, 2.05) is 12.1 Å². The number of ether oxygens (including phenoxy) is 1. The standard InChI is InChI=1S/C15H15ClN2O3S/c16-11-3-1-10(2-4-11)14-12(9-13(19)20)22-15(17-14)18-5-7-21-8-6-18/h1-4H,5-9H2,(H,19,20). The molecule has 1 aromatic heterocycles. The second kappa shape index (κ2) is 6.64. The van der Waals surface area contributed by atoms with Gasteiger partial charge in [-0.05, 0) is 12.1 Å². The monoisotopic (exact) mass is 338 g/mol. The Hall–Kier alpha value is -1.63. The van der Waals surface area contributed by atoms with Gasteiger partial charge in [-0.25, -0.2) is 4.98 Å². The molecule has 0 radical (unpaired) electrons. The molecule has 0 aliphatic carbocycles. The number of rotatable bonds is 4.